The van der Waals surface area contributed by atoms with Crippen LogP contribution < -0.4 is 10.6 Å². The fourth-order valence-electron chi connectivity index (χ4n) is 2.04. The molecule has 0 saturated carbocycles. The van der Waals surface area contributed by atoms with Crippen molar-refractivity contribution in [2.75, 3.05) is 18.0 Å². The fourth-order valence-corrected chi connectivity index (χ4v) is 3.13. The first-order valence-electron chi connectivity index (χ1n) is 6.48. The van der Waals surface area contributed by atoms with Gasteiger partial charge in [0.05, 0.1) is 11.9 Å². The van der Waals surface area contributed by atoms with Gasteiger partial charge >= 0.3 is 0 Å². The van der Waals surface area contributed by atoms with Crippen molar-refractivity contribution in [2.45, 2.75) is 26.7 Å². The topological polar surface area (TPSA) is 72.1 Å². The van der Waals surface area contributed by atoms with Crippen LogP contribution in [0, 0.1) is 6.92 Å². The molecule has 7 heteroatoms. The van der Waals surface area contributed by atoms with E-state index >= 15 is 0 Å². The Bertz CT molecular complexity index is 628. The standard InChI is InChI=1S/C13H17ClN4OS/c1-3-4-5-18(7-10(15)19)11-9-6-8(2)20-12(9)17-13(14)16-11/h6H,3-5,7H2,1-2H3,(H2,15,19). The highest BCUT2D eigenvalue weighted by molar-refractivity contribution is 7.18. The summed E-state index contributed by atoms with van der Waals surface area (Å²) in [5.41, 5.74) is 5.34. The van der Waals surface area contributed by atoms with E-state index in [0.29, 0.717) is 5.82 Å². The number of primary amides is 1. The highest BCUT2D eigenvalue weighted by atomic mass is 35.5. The Hall–Kier alpha value is -1.40. The minimum atomic E-state index is -0.379. The number of rotatable bonds is 6. The molecular weight excluding hydrogens is 296 g/mol. The fraction of sp³-hybridized carbons (Fsp3) is 0.462. The number of aryl methyl sites for hydroxylation is 1. The maximum Gasteiger partial charge on any atom is 0.236 e. The van der Waals surface area contributed by atoms with E-state index in [1.165, 1.54) is 0 Å². The van der Waals surface area contributed by atoms with Crippen LogP contribution in [0.1, 0.15) is 24.6 Å². The number of aromatic nitrogens is 2. The monoisotopic (exact) mass is 312 g/mol. The third-order valence-electron chi connectivity index (χ3n) is 2.90. The first-order valence-corrected chi connectivity index (χ1v) is 7.67. The van der Waals surface area contributed by atoms with Gasteiger partial charge in [-0.15, -0.1) is 11.3 Å². The van der Waals surface area contributed by atoms with E-state index in [-0.39, 0.29) is 17.7 Å². The quantitative estimate of drug-likeness (QED) is 0.832. The number of amides is 1. The normalized spacial score (nSPS) is 10.9. The number of hydrogen-bond donors (Lipinski definition) is 1. The van der Waals surface area contributed by atoms with Crippen LogP contribution in [0.5, 0.6) is 0 Å². The average molecular weight is 313 g/mol. The lowest BCUT2D eigenvalue weighted by atomic mass is 10.2. The maximum absolute atomic E-state index is 11.3. The number of carbonyl (C=O) groups excluding carboxylic acids is 1. The maximum atomic E-state index is 11.3. The van der Waals surface area contributed by atoms with Gasteiger partial charge in [-0.3, -0.25) is 4.79 Å². The summed E-state index contributed by atoms with van der Waals surface area (Å²) in [4.78, 5) is 23.7. The molecule has 2 heterocycles. The molecule has 2 N–H and O–H groups in total. The molecule has 0 bridgehead atoms. The Morgan fingerprint density at radius 1 is 1.50 bits per heavy atom. The summed E-state index contributed by atoms with van der Waals surface area (Å²) >= 11 is 7.55. The van der Waals surface area contributed by atoms with Crippen molar-refractivity contribution in [3.8, 4) is 0 Å². The van der Waals surface area contributed by atoms with E-state index in [4.69, 9.17) is 17.3 Å². The summed E-state index contributed by atoms with van der Waals surface area (Å²) in [6, 6.07) is 2.02. The van der Waals surface area contributed by atoms with Crippen molar-refractivity contribution < 1.29 is 4.79 Å². The number of thiophene rings is 1. The molecule has 0 fully saturated rings. The Labute approximate surface area is 126 Å². The molecule has 108 valence electrons. The second kappa shape index (κ2) is 6.37. The predicted molar refractivity (Wildman–Crippen MR) is 83.5 cm³/mol. The Morgan fingerprint density at radius 3 is 2.90 bits per heavy atom. The minimum Gasteiger partial charge on any atom is -0.368 e. The van der Waals surface area contributed by atoms with E-state index in [1.807, 2.05) is 17.9 Å². The molecule has 0 aliphatic rings. The van der Waals surface area contributed by atoms with Crippen LogP contribution in [-0.2, 0) is 4.79 Å². The van der Waals surface area contributed by atoms with E-state index < -0.39 is 0 Å². The molecule has 1 amide bonds. The van der Waals surface area contributed by atoms with Gasteiger partial charge in [-0.05, 0) is 31.0 Å². The summed E-state index contributed by atoms with van der Waals surface area (Å²) in [5, 5.41) is 1.12. The van der Waals surface area contributed by atoms with Crippen molar-refractivity contribution >= 4 is 44.9 Å². The van der Waals surface area contributed by atoms with Crippen LogP contribution in [0.15, 0.2) is 6.07 Å². The van der Waals surface area contributed by atoms with Crippen LogP contribution in [0.2, 0.25) is 5.28 Å². The lowest BCUT2D eigenvalue weighted by Gasteiger charge is -2.22. The number of nitrogens with two attached hydrogens (primary N) is 1. The second-order valence-corrected chi connectivity index (χ2v) is 6.21. The summed E-state index contributed by atoms with van der Waals surface area (Å²) in [7, 11) is 0. The summed E-state index contributed by atoms with van der Waals surface area (Å²) in [6.07, 6.45) is 1.99. The summed E-state index contributed by atoms with van der Waals surface area (Å²) in [5.74, 6) is 0.313. The summed E-state index contributed by atoms with van der Waals surface area (Å²) < 4.78 is 0. The number of fused-ring (bicyclic) bond motifs is 1. The van der Waals surface area contributed by atoms with Crippen molar-refractivity contribution in [1.29, 1.82) is 0 Å². The largest absolute Gasteiger partial charge is 0.368 e. The number of halogens is 1. The van der Waals surface area contributed by atoms with Crippen LogP contribution in [0.3, 0.4) is 0 Å². The first kappa shape index (κ1) is 15.0. The number of anilines is 1. The Kier molecular flexibility index (Phi) is 4.77. The van der Waals surface area contributed by atoms with Crippen LogP contribution in [0.25, 0.3) is 10.2 Å². The second-order valence-electron chi connectivity index (χ2n) is 4.63. The molecule has 5 nitrogen and oxygen atoms in total. The Balaban J connectivity index is 2.47. The van der Waals surface area contributed by atoms with Crippen LogP contribution >= 0.6 is 22.9 Å². The smallest absolute Gasteiger partial charge is 0.236 e. The van der Waals surface area contributed by atoms with E-state index in [1.54, 1.807) is 11.3 Å². The third-order valence-corrected chi connectivity index (χ3v) is 4.01. The number of nitrogens with zero attached hydrogens (tertiary/aromatic N) is 3. The molecule has 2 aromatic rings. The molecule has 0 atom stereocenters. The molecule has 20 heavy (non-hydrogen) atoms. The lowest BCUT2D eigenvalue weighted by molar-refractivity contribution is -0.116. The molecule has 2 aromatic heterocycles. The van der Waals surface area contributed by atoms with Crippen molar-refractivity contribution in [3.63, 3.8) is 0 Å². The van der Waals surface area contributed by atoms with E-state index in [2.05, 4.69) is 16.9 Å². The first-order chi connectivity index (χ1) is 9.51. The van der Waals surface area contributed by atoms with Gasteiger partial charge in [-0.1, -0.05) is 13.3 Å². The SMILES string of the molecule is CCCCN(CC(N)=O)c1nc(Cl)nc2sc(C)cc12. The number of carbonyl (C=O) groups is 1. The van der Waals surface area contributed by atoms with Gasteiger partial charge in [0.2, 0.25) is 11.2 Å². The minimum absolute atomic E-state index is 0.136. The zero-order valence-electron chi connectivity index (χ0n) is 11.5. The summed E-state index contributed by atoms with van der Waals surface area (Å²) in [6.45, 7) is 4.96. The molecule has 2 rings (SSSR count). The van der Waals surface area contributed by atoms with E-state index in [9.17, 15) is 4.79 Å². The highest BCUT2D eigenvalue weighted by Gasteiger charge is 2.17. The highest BCUT2D eigenvalue weighted by Crippen LogP contribution is 2.31. The molecule has 0 spiro atoms. The van der Waals surface area contributed by atoms with Gasteiger partial charge in [0.1, 0.15) is 10.6 Å². The lowest BCUT2D eigenvalue weighted by Crippen LogP contribution is -2.35. The van der Waals surface area contributed by atoms with Gasteiger partial charge < -0.3 is 10.6 Å². The molecule has 0 aromatic carbocycles. The predicted octanol–water partition coefficient (Wildman–Crippen LogP) is 2.74. The van der Waals surface area contributed by atoms with Crippen LogP contribution in [-0.4, -0.2) is 29.0 Å². The van der Waals surface area contributed by atoms with Gasteiger partial charge in [0.15, 0.2) is 0 Å². The van der Waals surface area contributed by atoms with Gasteiger partial charge in [0.25, 0.3) is 0 Å². The Morgan fingerprint density at radius 2 is 2.25 bits per heavy atom. The van der Waals surface area contributed by atoms with E-state index in [0.717, 1.165) is 34.5 Å². The molecule has 0 unspecified atom stereocenters. The number of unbranched alkanes of at least 4 members (excludes halogenated alkanes) is 1. The van der Waals surface area contributed by atoms with Crippen molar-refractivity contribution in [2.24, 2.45) is 5.73 Å². The molecule has 0 aliphatic carbocycles. The third kappa shape index (κ3) is 3.37. The van der Waals surface area contributed by atoms with Gasteiger partial charge in [-0.2, -0.15) is 4.98 Å². The van der Waals surface area contributed by atoms with Crippen molar-refractivity contribution in [1.82, 2.24) is 9.97 Å². The average Bonchev–Trinajstić information content (AvgIpc) is 2.73. The zero-order valence-corrected chi connectivity index (χ0v) is 13.1. The molecule has 0 saturated heterocycles. The van der Waals surface area contributed by atoms with Crippen molar-refractivity contribution in [3.05, 3.63) is 16.2 Å². The molecular formula is C13H17ClN4OS. The van der Waals surface area contributed by atoms with Crippen LogP contribution in [0.4, 0.5) is 5.82 Å². The van der Waals surface area contributed by atoms with Gasteiger partial charge in [-0.25, -0.2) is 4.98 Å². The number of hydrogen-bond acceptors (Lipinski definition) is 5. The molecule has 0 radical (unpaired) electrons. The molecule has 0 aliphatic heterocycles. The van der Waals surface area contributed by atoms with Gasteiger partial charge in [0, 0.05) is 11.4 Å². The zero-order chi connectivity index (χ0) is 14.7.